The predicted octanol–water partition coefficient (Wildman–Crippen LogP) is 0.151. The summed E-state index contributed by atoms with van der Waals surface area (Å²) in [5.41, 5.74) is -5.45. The van der Waals surface area contributed by atoms with Crippen LogP contribution in [-0.4, -0.2) is 92.8 Å². The van der Waals surface area contributed by atoms with Gasteiger partial charge in [0, 0.05) is 50.4 Å². The molecular weight excluding hydrogens is 488 g/mol. The quantitative estimate of drug-likeness (QED) is 0.171. The Labute approximate surface area is 215 Å². The van der Waals surface area contributed by atoms with Crippen LogP contribution in [0, 0.1) is 16.7 Å². The minimum absolute atomic E-state index is 0.0457. The van der Waals surface area contributed by atoms with E-state index in [-0.39, 0.29) is 25.0 Å². The van der Waals surface area contributed by atoms with Crippen molar-refractivity contribution in [1.82, 2.24) is 0 Å². The van der Waals surface area contributed by atoms with Gasteiger partial charge < -0.3 is 39.4 Å². The zero-order valence-corrected chi connectivity index (χ0v) is 22.3. The largest absolute Gasteiger partial charge is 0.459 e. The van der Waals surface area contributed by atoms with Crippen LogP contribution in [-0.2, 0) is 33.3 Å². The number of ether oxygens (including phenoxy) is 4. The molecule has 37 heavy (non-hydrogen) atoms. The third-order valence-corrected chi connectivity index (χ3v) is 9.45. The number of hydrogen-bond donors (Lipinski definition) is 4. The van der Waals surface area contributed by atoms with Crippen LogP contribution in [0.4, 0.5) is 0 Å². The molecule has 0 aromatic rings. The van der Waals surface area contributed by atoms with Gasteiger partial charge in [-0.3, -0.25) is 14.4 Å². The highest BCUT2D eigenvalue weighted by atomic mass is 16.6. The van der Waals surface area contributed by atoms with Crippen molar-refractivity contribution in [2.45, 2.75) is 109 Å². The van der Waals surface area contributed by atoms with Gasteiger partial charge in [0.15, 0.2) is 0 Å². The van der Waals surface area contributed by atoms with Crippen LogP contribution in [0.25, 0.3) is 0 Å². The van der Waals surface area contributed by atoms with E-state index < -0.39 is 82.5 Å². The summed E-state index contributed by atoms with van der Waals surface area (Å²) in [6, 6.07) is 0. The summed E-state index contributed by atoms with van der Waals surface area (Å²) in [5.74, 6) is -3.08. The van der Waals surface area contributed by atoms with Crippen molar-refractivity contribution in [2.24, 2.45) is 16.7 Å². The van der Waals surface area contributed by atoms with Crippen molar-refractivity contribution >= 4 is 17.9 Å². The Morgan fingerprint density at radius 2 is 1.49 bits per heavy atom. The lowest BCUT2D eigenvalue weighted by Gasteiger charge is -2.64. The first-order valence-corrected chi connectivity index (χ1v) is 12.6. The Bertz CT molecular complexity index is 1030. The molecule has 2 bridgehead atoms. The number of carbonyl (C=O) groups is 3. The van der Waals surface area contributed by atoms with Gasteiger partial charge in [-0.2, -0.15) is 0 Å². The average molecular weight is 527 g/mol. The number of aliphatic hydroxyl groups is 4. The van der Waals surface area contributed by atoms with Gasteiger partial charge in [0.05, 0.1) is 18.8 Å². The number of hydrogen-bond acceptors (Lipinski definition) is 11. The predicted molar refractivity (Wildman–Crippen MR) is 126 cm³/mol. The van der Waals surface area contributed by atoms with Crippen molar-refractivity contribution in [2.75, 3.05) is 6.61 Å². The van der Waals surface area contributed by atoms with Gasteiger partial charge in [-0.05, 0) is 18.1 Å². The number of epoxide rings is 1. The molecule has 11 heteroatoms. The minimum atomic E-state index is -1.96. The van der Waals surface area contributed by atoms with Gasteiger partial charge in [-0.15, -0.1) is 0 Å². The maximum atomic E-state index is 12.6. The molecule has 0 aromatic heterocycles. The molecule has 0 radical (unpaired) electrons. The second-order valence-corrected chi connectivity index (χ2v) is 11.8. The monoisotopic (exact) mass is 526 g/mol. The summed E-state index contributed by atoms with van der Waals surface area (Å²) >= 11 is 0. The maximum Gasteiger partial charge on any atom is 0.303 e. The van der Waals surface area contributed by atoms with Gasteiger partial charge in [0.25, 0.3) is 0 Å². The standard InChI is InChI=1S/C26H38O11/c1-11-15(35-12(2)27)9-26(33)22(37-14(4)29)20-24(7,21(32)19(31)18(11)23(26,5)6)16(30)8-17(36-13(3)28)25(20)10-34-25/h15-17,19-22,30-33H,8-10H2,1-7H3. The molecule has 11 nitrogen and oxygen atoms in total. The van der Waals surface area contributed by atoms with E-state index in [2.05, 4.69) is 0 Å². The van der Waals surface area contributed by atoms with E-state index in [1.165, 1.54) is 20.8 Å². The minimum Gasteiger partial charge on any atom is -0.459 e. The van der Waals surface area contributed by atoms with Crippen LogP contribution < -0.4 is 0 Å². The number of fused-ring (bicyclic) bond motifs is 4. The van der Waals surface area contributed by atoms with E-state index in [0.29, 0.717) is 5.57 Å². The van der Waals surface area contributed by atoms with E-state index in [4.69, 9.17) is 18.9 Å². The second kappa shape index (κ2) is 8.74. The molecule has 2 saturated carbocycles. The molecule has 1 aliphatic heterocycles. The van der Waals surface area contributed by atoms with Crippen molar-refractivity contribution in [3.8, 4) is 0 Å². The first kappa shape index (κ1) is 28.0. The van der Waals surface area contributed by atoms with Crippen LogP contribution in [0.15, 0.2) is 11.1 Å². The molecule has 1 heterocycles. The molecule has 1 spiro atoms. The molecule has 0 aromatic carbocycles. The van der Waals surface area contributed by atoms with Gasteiger partial charge in [-0.25, -0.2) is 0 Å². The molecule has 10 atom stereocenters. The number of aliphatic hydroxyl groups excluding tert-OH is 3. The zero-order valence-electron chi connectivity index (χ0n) is 22.3. The van der Waals surface area contributed by atoms with Gasteiger partial charge in [-0.1, -0.05) is 20.8 Å². The summed E-state index contributed by atoms with van der Waals surface area (Å²) in [5, 5.41) is 47.4. The third-order valence-electron chi connectivity index (χ3n) is 9.45. The molecule has 10 unspecified atom stereocenters. The van der Waals surface area contributed by atoms with Crippen molar-refractivity contribution in [3.05, 3.63) is 11.1 Å². The van der Waals surface area contributed by atoms with E-state index >= 15 is 0 Å². The van der Waals surface area contributed by atoms with Crippen LogP contribution in [0.1, 0.15) is 61.3 Å². The summed E-state index contributed by atoms with van der Waals surface area (Å²) in [7, 11) is 0. The number of carbonyl (C=O) groups excluding carboxylic acids is 3. The Morgan fingerprint density at radius 1 is 0.946 bits per heavy atom. The van der Waals surface area contributed by atoms with Gasteiger partial charge >= 0.3 is 17.9 Å². The third kappa shape index (κ3) is 3.84. The molecule has 4 aliphatic rings. The lowest BCUT2D eigenvalue weighted by Crippen LogP contribution is -2.76. The van der Waals surface area contributed by atoms with Crippen molar-refractivity contribution < 1.29 is 53.8 Å². The summed E-state index contributed by atoms with van der Waals surface area (Å²) < 4.78 is 22.8. The molecule has 208 valence electrons. The fraction of sp³-hybridized carbons (Fsp3) is 0.808. The van der Waals surface area contributed by atoms with Crippen molar-refractivity contribution in [3.63, 3.8) is 0 Å². The molecule has 0 amide bonds. The fourth-order valence-electron chi connectivity index (χ4n) is 7.46. The Morgan fingerprint density at radius 3 is 1.97 bits per heavy atom. The molecule has 4 rings (SSSR count). The average Bonchev–Trinajstić information content (AvgIpc) is 3.54. The normalized spacial score (nSPS) is 46.3. The van der Waals surface area contributed by atoms with Crippen LogP contribution in [0.3, 0.4) is 0 Å². The fourth-order valence-corrected chi connectivity index (χ4v) is 7.46. The first-order chi connectivity index (χ1) is 16.9. The SMILES string of the molecule is CC(=O)OC1CC2(O)C(OC(C)=O)C3C4(CO4)C(OC(C)=O)CC(O)C3(C)C(O)C(O)C(=C1C)C2(C)C. The maximum absolute atomic E-state index is 12.6. The van der Waals surface area contributed by atoms with Crippen LogP contribution >= 0.6 is 0 Å². The van der Waals surface area contributed by atoms with Crippen LogP contribution in [0.2, 0.25) is 0 Å². The summed E-state index contributed by atoms with van der Waals surface area (Å²) in [6.45, 7) is 10.2. The Balaban J connectivity index is 2.03. The molecular formula is C26H38O11. The topological polar surface area (TPSA) is 172 Å². The van der Waals surface area contributed by atoms with Gasteiger partial charge in [0.1, 0.15) is 35.6 Å². The number of rotatable bonds is 3. The van der Waals surface area contributed by atoms with Crippen LogP contribution in [0.5, 0.6) is 0 Å². The second-order valence-electron chi connectivity index (χ2n) is 11.8. The van der Waals surface area contributed by atoms with Gasteiger partial charge in [0.2, 0.25) is 0 Å². The highest BCUT2D eigenvalue weighted by Gasteiger charge is 2.78. The molecule has 4 N–H and O–H groups in total. The lowest BCUT2D eigenvalue weighted by molar-refractivity contribution is -0.279. The number of esters is 3. The zero-order chi connectivity index (χ0) is 27.9. The summed E-state index contributed by atoms with van der Waals surface area (Å²) in [4.78, 5) is 36.4. The smallest absolute Gasteiger partial charge is 0.303 e. The van der Waals surface area contributed by atoms with Crippen molar-refractivity contribution in [1.29, 1.82) is 0 Å². The highest BCUT2D eigenvalue weighted by Crippen LogP contribution is 2.65. The molecule has 1 saturated heterocycles. The van der Waals surface area contributed by atoms with E-state index in [1.54, 1.807) is 27.7 Å². The molecule has 3 aliphatic carbocycles. The van der Waals surface area contributed by atoms with E-state index in [1.807, 2.05) is 0 Å². The van der Waals surface area contributed by atoms with E-state index in [0.717, 1.165) is 0 Å². The highest BCUT2D eigenvalue weighted by molar-refractivity contribution is 5.68. The lowest BCUT2D eigenvalue weighted by atomic mass is 9.46. The Hall–Kier alpha value is -2.05. The summed E-state index contributed by atoms with van der Waals surface area (Å²) in [6.07, 6.45) is -8.18. The van der Waals surface area contributed by atoms with E-state index in [9.17, 15) is 34.8 Å². The first-order valence-electron chi connectivity index (χ1n) is 12.6. The molecule has 3 fully saturated rings. The Kier molecular flexibility index (Phi) is 6.61.